The number of carbonyl (C=O) groups is 3. The number of esters is 2. The number of hydrogen-bond acceptors (Lipinski definition) is 4. The first-order chi connectivity index (χ1) is 13.0. The number of cyclic esters (lactones) is 2. The van der Waals surface area contributed by atoms with Crippen LogP contribution < -0.4 is 0 Å². The maximum Gasteiger partial charge on any atom is 0.318 e. The topological polar surface area (TPSA) is 60.4 Å². The van der Waals surface area contributed by atoms with Gasteiger partial charge in [0, 0.05) is 6.42 Å². The Morgan fingerprint density at radius 1 is 0.852 bits per heavy atom. The molecule has 0 aromatic rings. The minimum atomic E-state index is -0.314. The third-order valence-electron chi connectivity index (χ3n) is 5.96. The fourth-order valence-corrected chi connectivity index (χ4v) is 4.60. The molecule has 0 aromatic carbocycles. The minimum Gasteiger partial charge on any atom is -0.393 e. The van der Waals surface area contributed by atoms with E-state index in [9.17, 15) is 14.4 Å². The monoisotopic (exact) mass is 396 g/mol. The molecule has 2 aliphatic rings. The summed E-state index contributed by atoms with van der Waals surface area (Å²) in [5.74, 6) is -0.881. The van der Waals surface area contributed by atoms with Gasteiger partial charge in [-0.2, -0.15) is 0 Å². The summed E-state index contributed by atoms with van der Waals surface area (Å²) >= 11 is 5.33. The van der Waals surface area contributed by atoms with Crippen LogP contribution in [0.3, 0.4) is 0 Å². The first-order valence-electron chi connectivity index (χ1n) is 10.7. The normalized spacial score (nSPS) is 26.9. The second-order valence-electron chi connectivity index (χ2n) is 8.02. The van der Waals surface area contributed by atoms with E-state index in [4.69, 9.17) is 16.3 Å². The molecular formula is C22H33ClO4. The van der Waals surface area contributed by atoms with Gasteiger partial charge in [0.1, 0.15) is 0 Å². The molecule has 0 radical (unpaired) electrons. The summed E-state index contributed by atoms with van der Waals surface area (Å²) in [6.45, 7) is 2.17. The van der Waals surface area contributed by atoms with Crippen LogP contribution in [0.2, 0.25) is 0 Å². The van der Waals surface area contributed by atoms with Gasteiger partial charge >= 0.3 is 11.9 Å². The number of fused-ring (bicyclic) bond motifs is 1. The third-order valence-corrected chi connectivity index (χ3v) is 6.15. The fourth-order valence-electron chi connectivity index (χ4n) is 4.47. The van der Waals surface area contributed by atoms with Crippen molar-refractivity contribution in [2.75, 3.05) is 0 Å². The van der Waals surface area contributed by atoms with Crippen LogP contribution in [-0.4, -0.2) is 17.2 Å². The lowest BCUT2D eigenvalue weighted by atomic mass is 9.69. The maximum absolute atomic E-state index is 12.3. The van der Waals surface area contributed by atoms with Gasteiger partial charge in [-0.3, -0.25) is 14.4 Å². The van der Waals surface area contributed by atoms with Crippen molar-refractivity contribution < 1.29 is 19.1 Å². The van der Waals surface area contributed by atoms with Crippen LogP contribution in [0.4, 0.5) is 0 Å². The van der Waals surface area contributed by atoms with Crippen molar-refractivity contribution in [2.24, 2.45) is 23.7 Å². The molecule has 1 saturated heterocycles. The Morgan fingerprint density at radius 2 is 1.33 bits per heavy atom. The SMILES string of the molecule is CCCCCC1C=CC(CCCCCCCCC(=O)Cl)C2C(=O)OC(=O)C12. The van der Waals surface area contributed by atoms with Crippen LogP contribution in [0.5, 0.6) is 0 Å². The zero-order valence-corrected chi connectivity index (χ0v) is 17.2. The van der Waals surface area contributed by atoms with E-state index in [0.717, 1.165) is 70.6 Å². The predicted octanol–water partition coefficient (Wildman–Crippen LogP) is 5.57. The van der Waals surface area contributed by atoms with Crippen LogP contribution in [0.1, 0.15) is 84.0 Å². The van der Waals surface area contributed by atoms with Crippen molar-refractivity contribution in [3.8, 4) is 0 Å². The smallest absolute Gasteiger partial charge is 0.318 e. The second kappa shape index (κ2) is 11.6. The lowest BCUT2D eigenvalue weighted by Crippen LogP contribution is -2.33. The van der Waals surface area contributed by atoms with E-state index in [1.54, 1.807) is 0 Å². The highest BCUT2D eigenvalue weighted by Crippen LogP contribution is 2.44. The van der Waals surface area contributed by atoms with Crippen LogP contribution in [-0.2, 0) is 19.1 Å². The van der Waals surface area contributed by atoms with Crippen molar-refractivity contribution in [3.05, 3.63) is 12.2 Å². The summed E-state index contributed by atoms with van der Waals surface area (Å²) < 4.78 is 5.01. The molecule has 0 amide bonds. The first-order valence-corrected chi connectivity index (χ1v) is 11.0. The van der Waals surface area contributed by atoms with Crippen LogP contribution >= 0.6 is 11.6 Å². The highest BCUT2D eigenvalue weighted by Gasteiger charge is 2.51. The van der Waals surface area contributed by atoms with E-state index < -0.39 is 0 Å². The van der Waals surface area contributed by atoms with Gasteiger partial charge in [0.05, 0.1) is 11.8 Å². The van der Waals surface area contributed by atoms with Crippen molar-refractivity contribution >= 4 is 28.8 Å². The maximum atomic E-state index is 12.3. The average molecular weight is 397 g/mol. The molecule has 4 atom stereocenters. The second-order valence-corrected chi connectivity index (χ2v) is 8.44. The van der Waals surface area contributed by atoms with E-state index in [0.29, 0.717) is 6.42 Å². The first kappa shape index (κ1) is 22.1. The molecule has 5 heteroatoms. The summed E-state index contributed by atoms with van der Waals surface area (Å²) in [6, 6.07) is 0. The van der Waals surface area contributed by atoms with E-state index >= 15 is 0 Å². The molecule has 152 valence electrons. The predicted molar refractivity (Wildman–Crippen MR) is 106 cm³/mol. The highest BCUT2D eigenvalue weighted by atomic mass is 35.5. The summed E-state index contributed by atoms with van der Waals surface area (Å²) in [4.78, 5) is 35.2. The zero-order valence-electron chi connectivity index (χ0n) is 16.5. The van der Waals surface area contributed by atoms with Gasteiger partial charge in [-0.25, -0.2) is 0 Å². The zero-order chi connectivity index (χ0) is 19.6. The van der Waals surface area contributed by atoms with Crippen molar-refractivity contribution in [1.82, 2.24) is 0 Å². The van der Waals surface area contributed by atoms with Gasteiger partial charge in [-0.05, 0) is 42.7 Å². The summed E-state index contributed by atoms with van der Waals surface area (Å²) in [5.41, 5.74) is 0. The molecule has 0 saturated carbocycles. The van der Waals surface area contributed by atoms with Crippen molar-refractivity contribution in [2.45, 2.75) is 84.0 Å². The Labute approximate surface area is 168 Å². The molecule has 27 heavy (non-hydrogen) atoms. The molecule has 2 rings (SSSR count). The minimum absolute atomic E-state index is 0.130. The lowest BCUT2D eigenvalue weighted by molar-refractivity contribution is -0.154. The van der Waals surface area contributed by atoms with E-state index in [-0.39, 0.29) is 40.9 Å². The number of rotatable bonds is 13. The summed E-state index contributed by atoms with van der Waals surface area (Å²) in [5, 5.41) is -0.250. The number of hydrogen-bond donors (Lipinski definition) is 0. The molecule has 1 aliphatic heterocycles. The van der Waals surface area contributed by atoms with E-state index in [2.05, 4.69) is 19.1 Å². The standard InChI is InChI=1S/C22H33ClO4/c1-2-3-8-11-16-14-15-17(20-19(16)21(25)27-22(20)26)12-9-6-4-5-7-10-13-18(23)24/h14-17,19-20H,2-13H2,1H3. The Morgan fingerprint density at radius 3 is 1.85 bits per heavy atom. The molecule has 0 N–H and O–H groups in total. The molecule has 1 heterocycles. The Kier molecular flexibility index (Phi) is 9.53. The molecule has 0 bridgehead atoms. The summed E-state index contributed by atoms with van der Waals surface area (Å²) in [6.07, 6.45) is 16.4. The molecule has 1 fully saturated rings. The fraction of sp³-hybridized carbons (Fsp3) is 0.773. The number of carbonyl (C=O) groups excluding carboxylic acids is 3. The van der Waals surface area contributed by atoms with Crippen LogP contribution in [0.15, 0.2) is 12.2 Å². The lowest BCUT2D eigenvalue weighted by Gasteiger charge is -2.31. The van der Waals surface area contributed by atoms with Gasteiger partial charge in [0.2, 0.25) is 5.24 Å². The Balaban J connectivity index is 1.76. The molecule has 4 nitrogen and oxygen atoms in total. The van der Waals surface area contributed by atoms with Crippen LogP contribution in [0, 0.1) is 23.7 Å². The van der Waals surface area contributed by atoms with Gasteiger partial charge in [-0.1, -0.05) is 70.4 Å². The Hall–Kier alpha value is -1.16. The quantitative estimate of drug-likeness (QED) is 0.134. The van der Waals surface area contributed by atoms with Gasteiger partial charge in [-0.15, -0.1) is 0 Å². The van der Waals surface area contributed by atoms with Crippen molar-refractivity contribution in [3.63, 3.8) is 0 Å². The molecule has 0 aromatic heterocycles. The van der Waals surface area contributed by atoms with Crippen molar-refractivity contribution in [1.29, 1.82) is 0 Å². The highest BCUT2D eigenvalue weighted by molar-refractivity contribution is 6.63. The number of ether oxygens (including phenoxy) is 1. The number of halogens is 1. The van der Waals surface area contributed by atoms with E-state index in [1.807, 2.05) is 0 Å². The van der Waals surface area contributed by atoms with Crippen LogP contribution in [0.25, 0.3) is 0 Å². The molecular weight excluding hydrogens is 364 g/mol. The van der Waals surface area contributed by atoms with Gasteiger partial charge in [0.25, 0.3) is 0 Å². The third kappa shape index (κ3) is 6.74. The van der Waals surface area contributed by atoms with Gasteiger partial charge in [0.15, 0.2) is 0 Å². The Bertz CT molecular complexity index is 542. The molecule has 1 aliphatic carbocycles. The molecule has 0 spiro atoms. The van der Waals surface area contributed by atoms with Gasteiger partial charge < -0.3 is 4.74 Å². The number of unbranched alkanes of at least 4 members (excludes halogenated alkanes) is 7. The number of allylic oxidation sites excluding steroid dienone is 2. The van der Waals surface area contributed by atoms with E-state index in [1.165, 1.54) is 0 Å². The average Bonchev–Trinajstić information content (AvgIpc) is 2.93. The summed E-state index contributed by atoms with van der Waals surface area (Å²) in [7, 11) is 0. The largest absolute Gasteiger partial charge is 0.393 e. The molecule has 4 unspecified atom stereocenters.